The van der Waals surface area contributed by atoms with Crippen molar-refractivity contribution in [1.82, 2.24) is 4.48 Å². The Bertz CT molecular complexity index is 2620. The van der Waals surface area contributed by atoms with E-state index in [0.29, 0.717) is 4.48 Å². The van der Waals surface area contributed by atoms with Crippen LogP contribution in [0, 0.1) is 0 Å². The summed E-state index contributed by atoms with van der Waals surface area (Å²) < 4.78 is 0.549. The van der Waals surface area contributed by atoms with Crippen LogP contribution in [0.25, 0.3) is 44.5 Å². The van der Waals surface area contributed by atoms with Crippen LogP contribution in [0.2, 0.25) is 0 Å². The molecule has 0 aromatic heterocycles. The van der Waals surface area contributed by atoms with Crippen LogP contribution in [0.3, 0.4) is 0 Å². The van der Waals surface area contributed by atoms with Crippen LogP contribution >= 0.6 is 0 Å². The number of para-hydroxylation sites is 3. The van der Waals surface area contributed by atoms with Crippen molar-refractivity contribution in [3.05, 3.63) is 237 Å². The van der Waals surface area contributed by atoms with Gasteiger partial charge in [-0.15, -0.1) is 0 Å². The molecule has 2 heteroatoms. The maximum absolute atomic E-state index is 2.39. The molecule has 9 aromatic rings. The molecule has 0 atom stereocenters. The highest BCUT2D eigenvalue weighted by Crippen LogP contribution is 2.62. The highest BCUT2D eigenvalue weighted by Gasteiger charge is 2.47. The first kappa shape index (κ1) is 33.3. The summed E-state index contributed by atoms with van der Waals surface area (Å²) in [5.41, 5.74) is 18.0. The average Bonchev–Trinajstić information content (AvgIpc) is 3.59. The number of anilines is 3. The number of rotatable bonds is 8. The van der Waals surface area contributed by atoms with Crippen molar-refractivity contribution in [2.24, 2.45) is 0 Å². The lowest BCUT2D eigenvalue weighted by Crippen LogP contribution is -2.30. The zero-order chi connectivity index (χ0) is 37.3. The number of benzene rings is 9. The van der Waals surface area contributed by atoms with E-state index in [2.05, 4.69) is 241 Å². The lowest BCUT2D eigenvalue weighted by molar-refractivity contribution is 0.721. The Kier molecular flexibility index (Phi) is 8.44. The smallest absolute Gasteiger partial charge is 0.156 e. The van der Waals surface area contributed by atoms with Crippen molar-refractivity contribution in [1.29, 1.82) is 0 Å². The fourth-order valence-electron chi connectivity index (χ4n) is 8.47. The van der Waals surface area contributed by atoms with Crippen molar-refractivity contribution in [3.63, 3.8) is 0 Å². The summed E-state index contributed by atoms with van der Waals surface area (Å²) in [6, 6.07) is 85.6. The molecule has 0 fully saturated rings. The molecule has 0 unspecified atom stereocenters. The van der Waals surface area contributed by atoms with Crippen LogP contribution in [0.1, 0.15) is 0 Å². The third-order valence-corrected chi connectivity index (χ3v) is 11.1. The minimum atomic E-state index is 0.549. The zero-order valence-electron chi connectivity index (χ0n) is 30.9. The summed E-state index contributed by atoms with van der Waals surface area (Å²) >= 11 is 0. The van der Waals surface area contributed by atoms with Gasteiger partial charge in [0.15, 0.2) is 11.4 Å². The molecule has 1 heterocycles. The zero-order valence-corrected chi connectivity index (χ0v) is 30.9. The number of hydrogen-bond acceptors (Lipinski definition) is 1. The van der Waals surface area contributed by atoms with Crippen molar-refractivity contribution in [2.45, 2.75) is 0 Å². The van der Waals surface area contributed by atoms with Gasteiger partial charge in [-0.05, 0) is 88.0 Å². The van der Waals surface area contributed by atoms with Gasteiger partial charge in [0.25, 0.3) is 0 Å². The molecule has 264 valence electrons. The van der Waals surface area contributed by atoms with Crippen LogP contribution in [-0.4, -0.2) is 0 Å². The summed E-state index contributed by atoms with van der Waals surface area (Å²) in [4.78, 5) is 2.35. The third kappa shape index (κ3) is 5.72. The molecule has 9 aromatic carbocycles. The Morgan fingerprint density at radius 2 is 0.589 bits per heavy atom. The number of fused-ring (bicyclic) bond motifs is 3. The molecule has 10 rings (SSSR count). The summed E-state index contributed by atoms with van der Waals surface area (Å²) in [5, 5.41) is 0. The molecule has 0 radical (unpaired) electrons. The van der Waals surface area contributed by atoms with E-state index in [-0.39, 0.29) is 0 Å². The average molecular weight is 716 g/mol. The largest absolute Gasteiger partial charge is 0.311 e. The number of quaternary nitrogens is 1. The van der Waals surface area contributed by atoms with E-state index < -0.39 is 0 Å². The van der Waals surface area contributed by atoms with Gasteiger partial charge < -0.3 is 4.90 Å². The molecule has 0 spiro atoms. The van der Waals surface area contributed by atoms with Crippen LogP contribution in [0.4, 0.5) is 39.8 Å². The van der Waals surface area contributed by atoms with Crippen molar-refractivity contribution in [2.75, 3.05) is 4.90 Å². The van der Waals surface area contributed by atoms with E-state index in [1.807, 2.05) is 0 Å². The first-order valence-electron chi connectivity index (χ1n) is 19.2. The Balaban J connectivity index is 1.05. The lowest BCUT2D eigenvalue weighted by Gasteiger charge is -2.34. The minimum Gasteiger partial charge on any atom is -0.311 e. The predicted molar refractivity (Wildman–Crippen MR) is 237 cm³/mol. The molecular weight excluding hydrogens is 677 g/mol. The van der Waals surface area contributed by atoms with E-state index in [4.69, 9.17) is 0 Å². The van der Waals surface area contributed by atoms with E-state index >= 15 is 0 Å². The van der Waals surface area contributed by atoms with Gasteiger partial charge in [0.1, 0.15) is 11.4 Å². The number of hydrogen-bond donors (Lipinski definition) is 0. The van der Waals surface area contributed by atoms with Crippen LogP contribution in [0.5, 0.6) is 0 Å². The molecule has 0 saturated carbocycles. The van der Waals surface area contributed by atoms with Gasteiger partial charge in [-0.2, -0.15) is 4.48 Å². The molecule has 1 aliphatic rings. The topological polar surface area (TPSA) is 3.24 Å². The monoisotopic (exact) mass is 715 g/mol. The fourth-order valence-corrected chi connectivity index (χ4v) is 8.47. The van der Waals surface area contributed by atoms with Crippen LogP contribution in [0.15, 0.2) is 237 Å². The number of nitrogens with zero attached hydrogens (tertiary/aromatic N) is 2. The van der Waals surface area contributed by atoms with Gasteiger partial charge >= 0.3 is 0 Å². The minimum absolute atomic E-state index is 0.549. The Morgan fingerprint density at radius 3 is 1.05 bits per heavy atom. The second kappa shape index (κ2) is 14.2. The first-order valence-corrected chi connectivity index (χ1v) is 19.2. The van der Waals surface area contributed by atoms with Gasteiger partial charge in [-0.1, -0.05) is 146 Å². The Hall–Kier alpha value is -7.26. The SMILES string of the molecule is c1ccc(-c2ccc(N(c3ccc(-c4ccccc4)cc3)c3ccc(-c4ccc5c(c4)-c4ccccc4[N+]5(c4ccccc4)c4ccccc4)cc3)cc2)cc1. The maximum atomic E-state index is 2.39. The lowest BCUT2D eigenvalue weighted by atomic mass is 9.98. The molecule has 0 N–H and O–H groups in total. The quantitative estimate of drug-likeness (QED) is 0.142. The molecule has 0 saturated heterocycles. The van der Waals surface area contributed by atoms with Gasteiger partial charge in [0.05, 0.1) is 11.1 Å². The third-order valence-electron chi connectivity index (χ3n) is 11.1. The summed E-state index contributed by atoms with van der Waals surface area (Å²) in [6.07, 6.45) is 0. The Morgan fingerprint density at radius 1 is 0.250 bits per heavy atom. The van der Waals surface area contributed by atoms with E-state index in [1.165, 1.54) is 67.3 Å². The fraction of sp³-hybridized carbons (Fsp3) is 0. The summed E-state index contributed by atoms with van der Waals surface area (Å²) in [5.74, 6) is 0. The second-order valence-electron chi connectivity index (χ2n) is 14.3. The van der Waals surface area contributed by atoms with Gasteiger partial charge in [-0.25, -0.2) is 0 Å². The molecule has 56 heavy (non-hydrogen) atoms. The standard InChI is InChI=1S/C54H39N2/c1-5-15-40(16-6-1)42-25-32-46(33-26-42)55(47-34-27-43(28-35-47)41-17-7-2-8-18-41)48-36-29-44(30-37-48)45-31-38-54-52(39-45)51-23-13-14-24-53(51)56(54,49-19-9-3-10-20-49)50-21-11-4-12-22-50/h1-39H/q+1. The molecule has 0 amide bonds. The van der Waals surface area contributed by atoms with Gasteiger partial charge in [0.2, 0.25) is 0 Å². The first-order chi connectivity index (χ1) is 27.8. The van der Waals surface area contributed by atoms with Crippen molar-refractivity contribution in [3.8, 4) is 44.5 Å². The predicted octanol–water partition coefficient (Wildman–Crippen LogP) is 15.4. The second-order valence-corrected chi connectivity index (χ2v) is 14.3. The highest BCUT2D eigenvalue weighted by molar-refractivity contribution is 6.03. The van der Waals surface area contributed by atoms with Crippen molar-refractivity contribution < 1.29 is 0 Å². The van der Waals surface area contributed by atoms with Crippen LogP contribution in [-0.2, 0) is 0 Å². The van der Waals surface area contributed by atoms with E-state index in [0.717, 1.165) is 17.1 Å². The molecule has 1 aliphatic heterocycles. The summed E-state index contributed by atoms with van der Waals surface area (Å²) in [6.45, 7) is 0. The molecule has 0 bridgehead atoms. The molecule has 0 aliphatic carbocycles. The summed E-state index contributed by atoms with van der Waals surface area (Å²) in [7, 11) is 0. The molecule has 2 nitrogen and oxygen atoms in total. The maximum Gasteiger partial charge on any atom is 0.156 e. The molecular formula is C54H39N2+. The van der Waals surface area contributed by atoms with Crippen molar-refractivity contribution >= 4 is 39.8 Å². The van der Waals surface area contributed by atoms with E-state index in [9.17, 15) is 0 Å². The van der Waals surface area contributed by atoms with Gasteiger partial charge in [0, 0.05) is 53.5 Å². The normalized spacial score (nSPS) is 12.4. The van der Waals surface area contributed by atoms with Gasteiger partial charge in [-0.3, -0.25) is 0 Å². The highest BCUT2D eigenvalue weighted by atomic mass is 15.4. The van der Waals surface area contributed by atoms with E-state index in [1.54, 1.807) is 0 Å². The van der Waals surface area contributed by atoms with Crippen LogP contribution < -0.4 is 9.38 Å². The Labute approximate surface area is 329 Å².